The van der Waals surface area contributed by atoms with Gasteiger partial charge in [-0.1, -0.05) is 25.4 Å². The van der Waals surface area contributed by atoms with Gasteiger partial charge in [0.1, 0.15) is 6.04 Å². The predicted octanol–water partition coefficient (Wildman–Crippen LogP) is 3.89. The van der Waals surface area contributed by atoms with E-state index in [1.54, 1.807) is 13.8 Å². The first-order valence-electron chi connectivity index (χ1n) is 8.66. The van der Waals surface area contributed by atoms with Crippen LogP contribution in [0.2, 0.25) is 5.02 Å². The normalized spacial score (nSPS) is 12.4. The van der Waals surface area contributed by atoms with Crippen molar-refractivity contribution in [3.8, 4) is 0 Å². The van der Waals surface area contributed by atoms with Crippen LogP contribution < -0.4 is 10.6 Å². The standard InChI is InChI=1S/C19H18ClF3N2O5/c1-10(2)16(25-17(27)14-4-3-7-29-14)18(28)30-9-15(26)24-13-6-5-11(20)8-12(13)19(21,22)23/h3-8,10,16H,9H2,1-2H3,(H,24,26)(H,25,27)/t16-/m0/s1. The summed E-state index contributed by atoms with van der Waals surface area (Å²) in [5, 5.41) is 4.30. The van der Waals surface area contributed by atoms with E-state index < -0.39 is 53.8 Å². The van der Waals surface area contributed by atoms with E-state index in [1.807, 2.05) is 5.32 Å². The summed E-state index contributed by atoms with van der Waals surface area (Å²) in [6.45, 7) is 2.42. The van der Waals surface area contributed by atoms with Gasteiger partial charge in [-0.15, -0.1) is 0 Å². The van der Waals surface area contributed by atoms with Crippen LogP contribution in [0.4, 0.5) is 18.9 Å². The molecule has 11 heteroatoms. The molecule has 2 aromatic rings. The first kappa shape index (κ1) is 23.3. The molecule has 1 aromatic heterocycles. The minimum absolute atomic E-state index is 0.0198. The predicted molar refractivity (Wildman–Crippen MR) is 101 cm³/mol. The van der Waals surface area contributed by atoms with E-state index in [-0.39, 0.29) is 10.8 Å². The Labute approximate surface area is 174 Å². The Bertz CT molecular complexity index is 913. The molecule has 1 aromatic carbocycles. The van der Waals surface area contributed by atoms with Crippen molar-refractivity contribution < 1.29 is 36.7 Å². The molecule has 0 aliphatic heterocycles. The summed E-state index contributed by atoms with van der Waals surface area (Å²) >= 11 is 5.58. The van der Waals surface area contributed by atoms with Gasteiger partial charge in [0, 0.05) is 5.02 Å². The summed E-state index contributed by atoms with van der Waals surface area (Å²) in [4.78, 5) is 36.3. The SMILES string of the molecule is CC(C)[C@H](NC(=O)c1ccco1)C(=O)OCC(=O)Nc1ccc(Cl)cc1C(F)(F)F. The van der Waals surface area contributed by atoms with E-state index in [4.69, 9.17) is 20.8 Å². The molecule has 2 amide bonds. The molecule has 0 bridgehead atoms. The van der Waals surface area contributed by atoms with Gasteiger partial charge in [0.2, 0.25) is 0 Å². The minimum atomic E-state index is -4.75. The molecule has 2 rings (SSSR count). The fraction of sp³-hybridized carbons (Fsp3) is 0.316. The van der Waals surface area contributed by atoms with Gasteiger partial charge < -0.3 is 19.8 Å². The zero-order valence-electron chi connectivity index (χ0n) is 15.9. The molecule has 0 saturated heterocycles. The second-order valence-electron chi connectivity index (χ2n) is 6.52. The third-order valence-corrected chi connectivity index (χ3v) is 4.09. The van der Waals surface area contributed by atoms with Gasteiger partial charge in [-0.2, -0.15) is 13.2 Å². The lowest BCUT2D eigenvalue weighted by Gasteiger charge is -2.20. The minimum Gasteiger partial charge on any atom is -0.459 e. The van der Waals surface area contributed by atoms with E-state index in [0.29, 0.717) is 6.07 Å². The number of ether oxygens (including phenoxy) is 1. The molecule has 0 spiro atoms. The zero-order valence-corrected chi connectivity index (χ0v) is 16.6. The van der Waals surface area contributed by atoms with Crippen LogP contribution in [0.5, 0.6) is 0 Å². The molecule has 7 nitrogen and oxygen atoms in total. The number of hydrogen-bond donors (Lipinski definition) is 2. The van der Waals surface area contributed by atoms with Gasteiger partial charge in [-0.05, 0) is 36.2 Å². The second kappa shape index (κ2) is 9.66. The summed E-state index contributed by atoms with van der Waals surface area (Å²) in [6, 6.07) is 4.63. The lowest BCUT2D eigenvalue weighted by Crippen LogP contribution is -2.45. The van der Waals surface area contributed by atoms with Gasteiger partial charge in [0.15, 0.2) is 12.4 Å². The van der Waals surface area contributed by atoms with Crippen molar-refractivity contribution in [2.75, 3.05) is 11.9 Å². The summed E-state index contributed by atoms with van der Waals surface area (Å²) in [5.74, 6) is -2.99. The van der Waals surface area contributed by atoms with Crippen LogP contribution in [0.3, 0.4) is 0 Å². The monoisotopic (exact) mass is 446 g/mol. The Balaban J connectivity index is 1.99. The van der Waals surface area contributed by atoms with Gasteiger partial charge >= 0.3 is 12.1 Å². The smallest absolute Gasteiger partial charge is 0.418 e. The Morgan fingerprint density at radius 1 is 1.20 bits per heavy atom. The van der Waals surface area contributed by atoms with E-state index in [0.717, 1.165) is 6.07 Å². The van der Waals surface area contributed by atoms with Gasteiger partial charge in [0.25, 0.3) is 11.8 Å². The van der Waals surface area contributed by atoms with Crippen molar-refractivity contribution in [2.24, 2.45) is 5.92 Å². The van der Waals surface area contributed by atoms with Crippen LogP contribution in [0.25, 0.3) is 0 Å². The number of alkyl halides is 3. The highest BCUT2D eigenvalue weighted by atomic mass is 35.5. The molecule has 0 saturated carbocycles. The Hall–Kier alpha value is -3.01. The van der Waals surface area contributed by atoms with Gasteiger partial charge in [-0.25, -0.2) is 4.79 Å². The third kappa shape index (κ3) is 6.24. The third-order valence-electron chi connectivity index (χ3n) is 3.86. The van der Waals surface area contributed by atoms with Crippen molar-refractivity contribution in [3.63, 3.8) is 0 Å². The van der Waals surface area contributed by atoms with Crippen LogP contribution in [-0.4, -0.2) is 30.4 Å². The summed E-state index contributed by atoms with van der Waals surface area (Å²) in [6.07, 6.45) is -3.46. The molecular formula is C19H18ClF3N2O5. The van der Waals surface area contributed by atoms with Gasteiger partial charge in [-0.3, -0.25) is 9.59 Å². The Morgan fingerprint density at radius 2 is 1.90 bits per heavy atom. The molecule has 1 heterocycles. The van der Waals surface area contributed by atoms with Crippen molar-refractivity contribution >= 4 is 35.1 Å². The first-order valence-corrected chi connectivity index (χ1v) is 9.04. The molecule has 162 valence electrons. The Morgan fingerprint density at radius 3 is 2.47 bits per heavy atom. The largest absolute Gasteiger partial charge is 0.459 e. The molecular weight excluding hydrogens is 429 g/mol. The van der Waals surface area contributed by atoms with E-state index in [2.05, 4.69) is 5.32 Å². The van der Waals surface area contributed by atoms with Gasteiger partial charge in [0.05, 0.1) is 17.5 Å². The number of halogens is 4. The molecule has 0 aliphatic carbocycles. The number of rotatable bonds is 7. The van der Waals surface area contributed by atoms with E-state index in [9.17, 15) is 27.6 Å². The summed E-state index contributed by atoms with van der Waals surface area (Å²) in [5.41, 5.74) is -1.67. The molecule has 30 heavy (non-hydrogen) atoms. The Kier molecular flexibility index (Phi) is 7.49. The summed E-state index contributed by atoms with van der Waals surface area (Å²) in [7, 11) is 0. The maximum absolute atomic E-state index is 13.1. The van der Waals surface area contributed by atoms with Crippen molar-refractivity contribution in [2.45, 2.75) is 26.1 Å². The number of benzene rings is 1. The number of carbonyl (C=O) groups is 3. The topological polar surface area (TPSA) is 97.6 Å². The highest BCUT2D eigenvalue weighted by molar-refractivity contribution is 6.30. The lowest BCUT2D eigenvalue weighted by atomic mass is 10.0. The van der Waals surface area contributed by atoms with Crippen LogP contribution in [0.15, 0.2) is 41.0 Å². The lowest BCUT2D eigenvalue weighted by molar-refractivity contribution is -0.150. The second-order valence-corrected chi connectivity index (χ2v) is 6.95. The molecule has 0 fully saturated rings. The number of carbonyl (C=O) groups excluding carboxylic acids is 3. The highest BCUT2D eigenvalue weighted by Crippen LogP contribution is 2.36. The molecule has 2 N–H and O–H groups in total. The highest BCUT2D eigenvalue weighted by Gasteiger charge is 2.34. The number of hydrogen-bond acceptors (Lipinski definition) is 5. The van der Waals surface area contributed by atoms with Crippen LogP contribution >= 0.6 is 11.6 Å². The number of anilines is 1. The van der Waals surface area contributed by atoms with Crippen molar-refractivity contribution in [3.05, 3.63) is 52.9 Å². The maximum atomic E-state index is 13.1. The van der Waals surface area contributed by atoms with Crippen LogP contribution in [0.1, 0.15) is 30.0 Å². The van der Waals surface area contributed by atoms with Crippen LogP contribution in [0, 0.1) is 5.92 Å². The maximum Gasteiger partial charge on any atom is 0.418 e. The first-order chi connectivity index (χ1) is 14.0. The molecule has 0 unspecified atom stereocenters. The summed E-state index contributed by atoms with van der Waals surface area (Å²) < 4.78 is 49.0. The fourth-order valence-corrected chi connectivity index (χ4v) is 2.56. The average molecular weight is 447 g/mol. The van der Waals surface area contributed by atoms with E-state index in [1.165, 1.54) is 24.5 Å². The van der Waals surface area contributed by atoms with E-state index >= 15 is 0 Å². The number of amides is 2. The van der Waals surface area contributed by atoms with Crippen molar-refractivity contribution in [1.82, 2.24) is 5.32 Å². The number of furan rings is 1. The number of nitrogens with one attached hydrogen (secondary N) is 2. The fourth-order valence-electron chi connectivity index (χ4n) is 2.39. The number of esters is 1. The quantitative estimate of drug-likeness (QED) is 0.629. The average Bonchev–Trinajstić information content (AvgIpc) is 3.19. The molecule has 1 atom stereocenters. The van der Waals surface area contributed by atoms with Crippen molar-refractivity contribution in [1.29, 1.82) is 0 Å². The van der Waals surface area contributed by atoms with Crippen LogP contribution in [-0.2, 0) is 20.5 Å². The molecule has 0 radical (unpaired) electrons. The zero-order chi connectivity index (χ0) is 22.5. The molecule has 0 aliphatic rings.